The van der Waals surface area contributed by atoms with Crippen molar-refractivity contribution in [2.45, 2.75) is 26.2 Å². The molecule has 0 saturated carbocycles. The number of benzene rings is 1. The molecule has 5 nitrogen and oxygen atoms in total. The van der Waals surface area contributed by atoms with Gasteiger partial charge in [0.1, 0.15) is 0 Å². The van der Waals surface area contributed by atoms with Crippen LogP contribution in [0.25, 0.3) is 0 Å². The zero-order valence-electron chi connectivity index (χ0n) is 15.2. The van der Waals surface area contributed by atoms with Crippen molar-refractivity contribution in [3.05, 3.63) is 34.9 Å². The summed E-state index contributed by atoms with van der Waals surface area (Å²) in [6.45, 7) is 6.64. The molecule has 0 atom stereocenters. The lowest BCUT2D eigenvalue weighted by Gasteiger charge is -2.11. The first kappa shape index (κ1) is 24.4. The number of hydrogen-bond acceptors (Lipinski definition) is 3. The highest BCUT2D eigenvalue weighted by molar-refractivity contribution is 14.0. The van der Waals surface area contributed by atoms with Gasteiger partial charge in [-0.15, -0.1) is 24.0 Å². The quantitative estimate of drug-likeness (QED) is 0.207. The third-order valence-corrected chi connectivity index (χ3v) is 3.61. The van der Waals surface area contributed by atoms with E-state index in [4.69, 9.17) is 21.1 Å². The van der Waals surface area contributed by atoms with Crippen molar-refractivity contribution in [3.63, 3.8) is 0 Å². The van der Waals surface area contributed by atoms with E-state index in [9.17, 15) is 0 Å². The van der Waals surface area contributed by atoms with Crippen LogP contribution in [0.2, 0.25) is 5.02 Å². The third-order valence-electron chi connectivity index (χ3n) is 3.36. The largest absolute Gasteiger partial charge is 0.382 e. The Bertz CT molecular complexity index is 458. The van der Waals surface area contributed by atoms with E-state index < -0.39 is 0 Å². The fourth-order valence-electron chi connectivity index (χ4n) is 2.07. The Labute approximate surface area is 173 Å². The molecular weight excluding hydrogens is 453 g/mol. The molecule has 7 heteroatoms. The fourth-order valence-corrected chi connectivity index (χ4v) is 2.20. The summed E-state index contributed by atoms with van der Waals surface area (Å²) in [7, 11) is 1.68. The number of methoxy groups -OCH3 is 1. The van der Waals surface area contributed by atoms with Crippen LogP contribution in [-0.4, -0.2) is 52.5 Å². The average Bonchev–Trinajstić information content (AvgIpc) is 2.59. The number of nitrogens with one attached hydrogen (secondary N) is 2. The van der Waals surface area contributed by atoms with Crippen LogP contribution in [0.1, 0.15) is 25.3 Å². The minimum absolute atomic E-state index is 0. The zero-order valence-corrected chi connectivity index (χ0v) is 18.3. The number of hydrogen-bond donors (Lipinski definition) is 2. The Morgan fingerprint density at radius 2 is 1.84 bits per heavy atom. The third kappa shape index (κ3) is 13.3. The molecule has 0 bridgehead atoms. The predicted molar refractivity (Wildman–Crippen MR) is 116 cm³/mol. The maximum atomic E-state index is 5.90. The zero-order chi connectivity index (χ0) is 17.5. The highest BCUT2D eigenvalue weighted by Crippen LogP contribution is 2.09. The summed E-state index contributed by atoms with van der Waals surface area (Å²) in [4.78, 5) is 4.59. The maximum absolute atomic E-state index is 5.90. The van der Waals surface area contributed by atoms with Gasteiger partial charge in [0.05, 0.1) is 13.2 Å². The van der Waals surface area contributed by atoms with Gasteiger partial charge >= 0.3 is 0 Å². The molecule has 0 fully saturated rings. The van der Waals surface area contributed by atoms with E-state index in [-0.39, 0.29) is 24.0 Å². The molecule has 1 rings (SSSR count). The molecule has 1 aromatic rings. The second kappa shape index (κ2) is 16.9. The standard InChI is InChI=1S/C18H30ClN3O2.HI/c1-3-20-18(21-11-4-5-13-24-15-14-23-2)22-12-10-16-6-8-17(19)9-7-16;/h6-9H,3-5,10-15H2,1-2H3,(H2,20,21,22);1H. The molecule has 0 aliphatic carbocycles. The molecule has 0 amide bonds. The normalized spacial score (nSPS) is 11.1. The van der Waals surface area contributed by atoms with E-state index in [2.05, 4.69) is 34.7 Å². The van der Waals surface area contributed by atoms with Gasteiger partial charge in [0, 0.05) is 38.4 Å². The van der Waals surface area contributed by atoms with E-state index in [1.807, 2.05) is 12.1 Å². The van der Waals surface area contributed by atoms with Gasteiger partial charge in [-0.05, 0) is 43.9 Å². The van der Waals surface area contributed by atoms with Crippen LogP contribution in [0.4, 0.5) is 0 Å². The van der Waals surface area contributed by atoms with Gasteiger partial charge in [-0.3, -0.25) is 4.99 Å². The summed E-state index contributed by atoms with van der Waals surface area (Å²) < 4.78 is 10.4. The van der Waals surface area contributed by atoms with Crippen LogP contribution in [0.3, 0.4) is 0 Å². The summed E-state index contributed by atoms with van der Waals surface area (Å²) in [5.74, 6) is 0.867. The average molecular weight is 484 g/mol. The summed E-state index contributed by atoms with van der Waals surface area (Å²) in [6.07, 6.45) is 2.97. The minimum atomic E-state index is 0. The first-order chi connectivity index (χ1) is 11.8. The molecule has 25 heavy (non-hydrogen) atoms. The number of guanidine groups is 1. The molecular formula is C18H31ClIN3O2. The maximum Gasteiger partial charge on any atom is 0.191 e. The van der Waals surface area contributed by atoms with Gasteiger partial charge < -0.3 is 20.1 Å². The summed E-state index contributed by atoms with van der Waals surface area (Å²) in [6, 6.07) is 7.95. The van der Waals surface area contributed by atoms with E-state index in [1.54, 1.807) is 7.11 Å². The van der Waals surface area contributed by atoms with Crippen LogP contribution < -0.4 is 10.6 Å². The Morgan fingerprint density at radius 3 is 2.52 bits per heavy atom. The Kier molecular flexibility index (Phi) is 16.5. The van der Waals surface area contributed by atoms with Crippen LogP contribution in [0.5, 0.6) is 0 Å². The Balaban J connectivity index is 0.00000576. The van der Waals surface area contributed by atoms with E-state index in [0.29, 0.717) is 13.2 Å². The summed E-state index contributed by atoms with van der Waals surface area (Å²) in [5, 5.41) is 7.40. The van der Waals surface area contributed by atoms with Crippen LogP contribution in [0, 0.1) is 0 Å². The number of aliphatic imine (C=N–C) groups is 1. The summed E-state index contributed by atoms with van der Waals surface area (Å²) >= 11 is 5.90. The predicted octanol–water partition coefficient (Wildman–Crippen LogP) is 3.50. The van der Waals surface area contributed by atoms with Crippen molar-refractivity contribution in [2.75, 3.05) is 46.6 Å². The van der Waals surface area contributed by atoms with Crippen molar-refractivity contribution < 1.29 is 9.47 Å². The summed E-state index contributed by atoms with van der Waals surface area (Å²) in [5.41, 5.74) is 1.26. The van der Waals surface area contributed by atoms with E-state index in [0.717, 1.165) is 56.5 Å². The fraction of sp³-hybridized carbons (Fsp3) is 0.611. The van der Waals surface area contributed by atoms with Crippen molar-refractivity contribution in [3.8, 4) is 0 Å². The molecule has 0 spiro atoms. The highest BCUT2D eigenvalue weighted by Gasteiger charge is 1.98. The van der Waals surface area contributed by atoms with E-state index in [1.165, 1.54) is 5.56 Å². The van der Waals surface area contributed by atoms with Crippen molar-refractivity contribution in [1.29, 1.82) is 0 Å². The van der Waals surface area contributed by atoms with Crippen molar-refractivity contribution >= 4 is 41.5 Å². The van der Waals surface area contributed by atoms with Gasteiger partial charge in [0.15, 0.2) is 5.96 Å². The Hall–Kier alpha value is -0.570. The molecule has 2 N–H and O–H groups in total. The molecule has 144 valence electrons. The molecule has 0 aromatic heterocycles. The first-order valence-corrected chi connectivity index (χ1v) is 8.97. The molecule has 0 radical (unpaired) electrons. The lowest BCUT2D eigenvalue weighted by atomic mass is 10.1. The number of nitrogens with zero attached hydrogens (tertiary/aromatic N) is 1. The first-order valence-electron chi connectivity index (χ1n) is 8.59. The number of rotatable bonds is 12. The van der Waals surface area contributed by atoms with Crippen LogP contribution in [0.15, 0.2) is 29.3 Å². The molecule has 0 unspecified atom stereocenters. The lowest BCUT2D eigenvalue weighted by Crippen LogP contribution is -2.38. The minimum Gasteiger partial charge on any atom is -0.382 e. The molecule has 0 heterocycles. The van der Waals surface area contributed by atoms with Crippen molar-refractivity contribution in [1.82, 2.24) is 10.6 Å². The lowest BCUT2D eigenvalue weighted by molar-refractivity contribution is 0.0690. The SMILES string of the molecule is CCNC(=NCCCCOCCOC)NCCc1ccc(Cl)cc1.I. The Morgan fingerprint density at radius 1 is 1.08 bits per heavy atom. The molecule has 1 aromatic carbocycles. The second-order valence-corrected chi connectivity index (χ2v) is 5.81. The van der Waals surface area contributed by atoms with Crippen molar-refractivity contribution in [2.24, 2.45) is 4.99 Å². The molecule has 0 aliphatic rings. The number of unbranched alkanes of at least 4 members (excludes halogenated alkanes) is 1. The number of ether oxygens (including phenoxy) is 2. The van der Waals surface area contributed by atoms with E-state index >= 15 is 0 Å². The number of halogens is 2. The van der Waals surface area contributed by atoms with Gasteiger partial charge in [0.2, 0.25) is 0 Å². The van der Waals surface area contributed by atoms with Gasteiger partial charge in [-0.25, -0.2) is 0 Å². The smallest absolute Gasteiger partial charge is 0.191 e. The monoisotopic (exact) mass is 483 g/mol. The topological polar surface area (TPSA) is 54.9 Å². The second-order valence-electron chi connectivity index (χ2n) is 5.38. The van der Waals surface area contributed by atoms with Gasteiger partial charge in [-0.1, -0.05) is 23.7 Å². The van der Waals surface area contributed by atoms with Crippen LogP contribution in [-0.2, 0) is 15.9 Å². The molecule has 0 aliphatic heterocycles. The highest BCUT2D eigenvalue weighted by atomic mass is 127. The van der Waals surface area contributed by atoms with Gasteiger partial charge in [0.25, 0.3) is 0 Å². The van der Waals surface area contributed by atoms with Gasteiger partial charge in [-0.2, -0.15) is 0 Å². The molecule has 0 saturated heterocycles. The van der Waals surface area contributed by atoms with Crippen LogP contribution >= 0.6 is 35.6 Å².